The van der Waals surface area contributed by atoms with Crippen molar-refractivity contribution in [3.8, 4) is 0 Å². The summed E-state index contributed by atoms with van der Waals surface area (Å²) in [6, 6.07) is 8.89. The Morgan fingerprint density at radius 1 is 1.10 bits per heavy atom. The Balaban J connectivity index is 1.98. The van der Waals surface area contributed by atoms with Gasteiger partial charge in [-0.25, -0.2) is 9.97 Å². The monoisotopic (exact) mass is 290 g/mol. The number of nitrogens with zero attached hydrogens (tertiary/aromatic N) is 2. The molecule has 0 fully saturated rings. The smallest absolute Gasteiger partial charge is 0.307 e. The predicted octanol–water partition coefficient (Wildman–Crippen LogP) is 1.56. The van der Waals surface area contributed by atoms with Gasteiger partial charge in [0.05, 0.1) is 6.42 Å². The Kier molecular flexibility index (Phi) is 4.41. The van der Waals surface area contributed by atoms with Crippen LogP contribution in [0.4, 0.5) is 11.6 Å². The SMILES string of the molecule is Nc1cc(N)nc(SCc2ccc(CC(=O)O)cc2)n1. The van der Waals surface area contributed by atoms with Crippen molar-refractivity contribution in [2.45, 2.75) is 17.3 Å². The molecule has 0 aliphatic rings. The maximum atomic E-state index is 10.6. The first kappa shape index (κ1) is 14.1. The molecule has 1 aromatic carbocycles. The van der Waals surface area contributed by atoms with Gasteiger partial charge >= 0.3 is 5.97 Å². The summed E-state index contributed by atoms with van der Waals surface area (Å²) in [5.74, 6) is 0.514. The van der Waals surface area contributed by atoms with Crippen LogP contribution in [0.15, 0.2) is 35.5 Å². The Labute approximate surface area is 120 Å². The number of thioether (sulfide) groups is 1. The molecule has 0 atom stereocenters. The number of aromatic nitrogens is 2. The van der Waals surface area contributed by atoms with E-state index in [1.54, 1.807) is 12.1 Å². The van der Waals surface area contributed by atoms with Crippen molar-refractivity contribution in [1.82, 2.24) is 9.97 Å². The molecule has 7 heteroatoms. The van der Waals surface area contributed by atoms with Crippen LogP contribution in [0.1, 0.15) is 11.1 Å². The fourth-order valence-electron chi connectivity index (χ4n) is 1.60. The maximum Gasteiger partial charge on any atom is 0.307 e. The van der Waals surface area contributed by atoms with Crippen LogP contribution >= 0.6 is 11.8 Å². The summed E-state index contributed by atoms with van der Waals surface area (Å²) in [5, 5.41) is 9.22. The normalized spacial score (nSPS) is 10.4. The molecule has 0 unspecified atom stereocenters. The first-order valence-corrected chi connectivity index (χ1v) is 6.84. The molecule has 0 aliphatic heterocycles. The van der Waals surface area contributed by atoms with E-state index in [-0.39, 0.29) is 6.42 Å². The molecule has 2 rings (SSSR count). The summed E-state index contributed by atoms with van der Waals surface area (Å²) in [6.07, 6.45) is 0.0300. The zero-order valence-corrected chi connectivity index (χ0v) is 11.4. The number of carboxylic acids is 1. The van der Waals surface area contributed by atoms with E-state index in [0.29, 0.717) is 22.5 Å². The lowest BCUT2D eigenvalue weighted by Crippen LogP contribution is -2.00. The molecule has 1 aromatic heterocycles. The van der Waals surface area contributed by atoms with E-state index in [1.807, 2.05) is 12.1 Å². The zero-order valence-electron chi connectivity index (χ0n) is 10.6. The highest BCUT2D eigenvalue weighted by atomic mass is 32.2. The van der Waals surface area contributed by atoms with E-state index in [4.69, 9.17) is 16.6 Å². The molecule has 0 amide bonds. The second-order valence-electron chi connectivity index (χ2n) is 4.18. The Morgan fingerprint density at radius 3 is 2.20 bits per heavy atom. The number of hydrogen-bond donors (Lipinski definition) is 3. The summed E-state index contributed by atoms with van der Waals surface area (Å²) in [7, 11) is 0. The predicted molar refractivity (Wildman–Crippen MR) is 78.2 cm³/mol. The van der Waals surface area contributed by atoms with Crippen molar-refractivity contribution < 1.29 is 9.90 Å². The van der Waals surface area contributed by atoms with Crippen LogP contribution in [0.2, 0.25) is 0 Å². The number of carboxylic acid groups (broad SMARTS) is 1. The molecular formula is C13H14N4O2S. The number of aliphatic carboxylic acids is 1. The quantitative estimate of drug-likeness (QED) is 0.565. The van der Waals surface area contributed by atoms with Crippen LogP contribution in [0, 0.1) is 0 Å². The second-order valence-corrected chi connectivity index (χ2v) is 5.12. The molecule has 0 aliphatic carbocycles. The first-order chi connectivity index (χ1) is 9.52. The molecule has 0 radical (unpaired) electrons. The van der Waals surface area contributed by atoms with Gasteiger partial charge in [-0.1, -0.05) is 36.0 Å². The topological polar surface area (TPSA) is 115 Å². The average molecular weight is 290 g/mol. The van der Waals surface area contributed by atoms with Crippen molar-refractivity contribution in [3.63, 3.8) is 0 Å². The van der Waals surface area contributed by atoms with E-state index in [2.05, 4.69) is 9.97 Å². The van der Waals surface area contributed by atoms with Gasteiger partial charge in [-0.15, -0.1) is 0 Å². The van der Waals surface area contributed by atoms with Gasteiger partial charge in [0.1, 0.15) is 11.6 Å². The van der Waals surface area contributed by atoms with E-state index in [9.17, 15) is 4.79 Å². The van der Waals surface area contributed by atoms with Crippen LogP contribution < -0.4 is 11.5 Å². The lowest BCUT2D eigenvalue weighted by molar-refractivity contribution is -0.136. The Morgan fingerprint density at radius 2 is 1.65 bits per heavy atom. The minimum atomic E-state index is -0.837. The first-order valence-electron chi connectivity index (χ1n) is 5.85. The summed E-state index contributed by atoms with van der Waals surface area (Å²) in [5.41, 5.74) is 13.0. The molecule has 0 saturated carbocycles. The molecule has 0 bridgehead atoms. The minimum Gasteiger partial charge on any atom is -0.481 e. The second kappa shape index (κ2) is 6.25. The number of nitrogens with two attached hydrogens (primary N) is 2. The van der Waals surface area contributed by atoms with E-state index < -0.39 is 5.97 Å². The van der Waals surface area contributed by atoms with E-state index >= 15 is 0 Å². The third-order valence-corrected chi connectivity index (χ3v) is 3.41. The molecule has 0 spiro atoms. The van der Waals surface area contributed by atoms with Gasteiger partial charge in [0.25, 0.3) is 0 Å². The summed E-state index contributed by atoms with van der Waals surface area (Å²) in [4.78, 5) is 18.7. The lowest BCUT2D eigenvalue weighted by atomic mass is 10.1. The van der Waals surface area contributed by atoms with Gasteiger partial charge in [-0.05, 0) is 11.1 Å². The van der Waals surface area contributed by atoms with Crippen LogP contribution in [0.25, 0.3) is 0 Å². The largest absolute Gasteiger partial charge is 0.481 e. The molecule has 2 aromatic rings. The molecule has 0 saturated heterocycles. The summed E-state index contributed by atoms with van der Waals surface area (Å²) < 4.78 is 0. The molecule has 1 heterocycles. The molecule has 6 nitrogen and oxygen atoms in total. The van der Waals surface area contributed by atoms with Gasteiger partial charge in [-0.2, -0.15) is 0 Å². The van der Waals surface area contributed by atoms with Crippen LogP contribution in [0.5, 0.6) is 0 Å². The molecule has 5 N–H and O–H groups in total. The van der Waals surface area contributed by atoms with Gasteiger partial charge in [-0.3, -0.25) is 4.79 Å². The zero-order chi connectivity index (χ0) is 14.5. The highest BCUT2D eigenvalue weighted by Gasteiger charge is 2.04. The van der Waals surface area contributed by atoms with Gasteiger partial charge in [0.2, 0.25) is 0 Å². The number of benzene rings is 1. The van der Waals surface area contributed by atoms with Crippen molar-refractivity contribution >= 4 is 29.4 Å². The Hall–Kier alpha value is -2.28. The fraction of sp³-hybridized carbons (Fsp3) is 0.154. The highest BCUT2D eigenvalue weighted by Crippen LogP contribution is 2.21. The van der Waals surface area contributed by atoms with Crippen molar-refractivity contribution in [2.24, 2.45) is 0 Å². The third kappa shape index (κ3) is 4.13. The van der Waals surface area contributed by atoms with E-state index in [0.717, 1.165) is 11.1 Å². The maximum absolute atomic E-state index is 10.6. The van der Waals surface area contributed by atoms with Crippen molar-refractivity contribution in [1.29, 1.82) is 0 Å². The molecular weight excluding hydrogens is 276 g/mol. The van der Waals surface area contributed by atoms with Crippen molar-refractivity contribution in [2.75, 3.05) is 11.5 Å². The van der Waals surface area contributed by atoms with Gasteiger partial charge < -0.3 is 16.6 Å². The summed E-state index contributed by atoms with van der Waals surface area (Å²) >= 11 is 1.42. The molecule has 20 heavy (non-hydrogen) atoms. The molecule has 104 valence electrons. The number of hydrogen-bond acceptors (Lipinski definition) is 6. The average Bonchev–Trinajstić information content (AvgIpc) is 2.36. The minimum absolute atomic E-state index is 0.0300. The van der Waals surface area contributed by atoms with Crippen LogP contribution in [-0.2, 0) is 17.0 Å². The summed E-state index contributed by atoms with van der Waals surface area (Å²) in [6.45, 7) is 0. The standard InChI is InChI=1S/C13H14N4O2S/c14-10-6-11(15)17-13(16-10)20-7-9-3-1-8(2-4-9)5-12(18)19/h1-4,6H,5,7H2,(H,18,19)(H4,14,15,16,17). The van der Waals surface area contributed by atoms with Gasteiger partial charge in [0, 0.05) is 11.8 Å². The van der Waals surface area contributed by atoms with E-state index in [1.165, 1.54) is 17.8 Å². The van der Waals surface area contributed by atoms with Crippen LogP contribution in [0.3, 0.4) is 0 Å². The number of carbonyl (C=O) groups is 1. The Bertz CT molecular complexity index is 596. The highest BCUT2D eigenvalue weighted by molar-refractivity contribution is 7.98. The van der Waals surface area contributed by atoms with Crippen molar-refractivity contribution in [3.05, 3.63) is 41.5 Å². The third-order valence-electron chi connectivity index (χ3n) is 2.49. The lowest BCUT2D eigenvalue weighted by Gasteiger charge is -2.04. The number of rotatable bonds is 5. The van der Waals surface area contributed by atoms with Crippen LogP contribution in [-0.4, -0.2) is 21.0 Å². The number of anilines is 2. The van der Waals surface area contributed by atoms with Gasteiger partial charge in [0.15, 0.2) is 5.16 Å². The number of nitrogen functional groups attached to an aromatic ring is 2. The fourth-order valence-corrected chi connectivity index (χ4v) is 2.43.